The maximum atomic E-state index is 4.62. The quantitative estimate of drug-likeness (QED) is 0.751. The molecule has 4 heteroatoms. The maximum Gasteiger partial charge on any atom is 0.166 e. The van der Waals surface area contributed by atoms with E-state index in [-0.39, 0.29) is 0 Å². The number of rotatable bonds is 5. The van der Waals surface area contributed by atoms with Gasteiger partial charge < -0.3 is 0 Å². The van der Waals surface area contributed by atoms with Crippen molar-refractivity contribution in [2.75, 3.05) is 13.6 Å². The summed E-state index contributed by atoms with van der Waals surface area (Å²) in [5, 5.41) is 0. The first-order valence-corrected chi connectivity index (χ1v) is 7.49. The first-order valence-electron chi connectivity index (χ1n) is 5.90. The second-order valence-electron chi connectivity index (χ2n) is 4.57. The number of thiazole rings is 1. The molecular weight excluding hydrogens is 248 g/mol. The largest absolute Gasteiger partial charge is 0.247 e. The van der Waals surface area contributed by atoms with Gasteiger partial charge in [0, 0.05) is 6.54 Å². The van der Waals surface area contributed by atoms with Crippen molar-refractivity contribution in [2.24, 2.45) is 5.92 Å². The molecule has 2 nitrogen and oxygen atoms in total. The van der Waals surface area contributed by atoms with Gasteiger partial charge in [-0.3, -0.25) is 0 Å². The molecule has 0 aliphatic heterocycles. The fraction of sp³-hybridized carbons (Fsp3) is 0.462. The van der Waals surface area contributed by atoms with Gasteiger partial charge >= 0.3 is 0 Å². The molecule has 17 heavy (non-hydrogen) atoms. The van der Waals surface area contributed by atoms with Crippen LogP contribution < -0.4 is 0 Å². The monoisotopic (exact) mass is 266 g/mol. The number of nitrogens with zero attached hydrogens (tertiary/aromatic N) is 2. The Hall–Kier alpha value is -0.580. The lowest BCUT2D eigenvalue weighted by Gasteiger charge is -2.14. The summed E-state index contributed by atoms with van der Waals surface area (Å²) >= 11 is 3.52. The van der Waals surface area contributed by atoms with Gasteiger partial charge in [-0.25, -0.2) is 9.29 Å². The van der Waals surface area contributed by atoms with E-state index in [1.54, 1.807) is 23.3 Å². The third-order valence-corrected chi connectivity index (χ3v) is 4.58. The second-order valence-corrected chi connectivity index (χ2v) is 7.05. The zero-order valence-electron chi connectivity index (χ0n) is 10.5. The van der Waals surface area contributed by atoms with Crippen LogP contribution >= 0.6 is 23.3 Å². The molecule has 92 valence electrons. The maximum absolute atomic E-state index is 4.62. The average molecular weight is 266 g/mol. The molecule has 0 aliphatic carbocycles. The predicted octanol–water partition coefficient (Wildman–Crippen LogP) is 4.28. The van der Waals surface area contributed by atoms with E-state index in [0.717, 1.165) is 22.3 Å². The Bertz CT molecular complexity index is 446. The fourth-order valence-electron chi connectivity index (χ4n) is 1.51. The molecule has 0 bridgehead atoms. The van der Waals surface area contributed by atoms with Gasteiger partial charge in [0.2, 0.25) is 0 Å². The van der Waals surface area contributed by atoms with Gasteiger partial charge in [-0.05, 0) is 43.5 Å². The summed E-state index contributed by atoms with van der Waals surface area (Å²) < 4.78 is 4.68. The van der Waals surface area contributed by atoms with Crippen LogP contribution in [0.15, 0.2) is 28.6 Å². The number of aromatic nitrogens is 1. The normalized spacial score (nSPS) is 11.8. The minimum Gasteiger partial charge on any atom is -0.247 e. The smallest absolute Gasteiger partial charge is 0.166 e. The molecule has 0 N–H and O–H groups in total. The van der Waals surface area contributed by atoms with Crippen molar-refractivity contribution in [2.45, 2.75) is 24.6 Å². The summed E-state index contributed by atoms with van der Waals surface area (Å²) in [6.07, 6.45) is 1.23. The average Bonchev–Trinajstić information content (AvgIpc) is 2.68. The molecule has 1 aromatic heterocycles. The van der Waals surface area contributed by atoms with Gasteiger partial charge in [0.05, 0.1) is 10.2 Å². The van der Waals surface area contributed by atoms with Gasteiger partial charge in [0.25, 0.3) is 0 Å². The second kappa shape index (κ2) is 5.85. The molecule has 0 unspecified atom stereocenters. The molecule has 0 aliphatic rings. The van der Waals surface area contributed by atoms with Crippen LogP contribution in [-0.2, 0) is 0 Å². The molecule has 0 atom stereocenters. The molecule has 1 aromatic carbocycles. The molecule has 0 fully saturated rings. The Morgan fingerprint density at radius 1 is 1.35 bits per heavy atom. The van der Waals surface area contributed by atoms with Crippen LogP contribution in [0.5, 0.6) is 0 Å². The summed E-state index contributed by atoms with van der Waals surface area (Å²) in [4.78, 5) is 4.62. The Morgan fingerprint density at radius 2 is 2.12 bits per heavy atom. The van der Waals surface area contributed by atoms with Crippen LogP contribution in [0.25, 0.3) is 10.2 Å². The van der Waals surface area contributed by atoms with E-state index in [9.17, 15) is 0 Å². The number of benzene rings is 1. The van der Waals surface area contributed by atoms with E-state index in [1.807, 2.05) is 6.07 Å². The van der Waals surface area contributed by atoms with Crippen molar-refractivity contribution in [1.82, 2.24) is 9.29 Å². The summed E-state index contributed by atoms with van der Waals surface area (Å²) in [5.41, 5.74) is 1.11. The third kappa shape index (κ3) is 3.69. The highest BCUT2D eigenvalue weighted by Crippen LogP contribution is 2.30. The van der Waals surface area contributed by atoms with Crippen molar-refractivity contribution in [3.63, 3.8) is 0 Å². The van der Waals surface area contributed by atoms with Gasteiger partial charge in [-0.2, -0.15) is 0 Å². The van der Waals surface area contributed by atoms with Crippen molar-refractivity contribution in [1.29, 1.82) is 0 Å². The summed E-state index contributed by atoms with van der Waals surface area (Å²) in [5.74, 6) is 0.758. The number of hydrogen-bond acceptors (Lipinski definition) is 4. The molecule has 0 saturated carbocycles. The molecule has 0 amide bonds. The SMILES string of the molecule is CC(C)CCN(C)Sc1nc2ccccc2s1. The third-order valence-electron chi connectivity index (χ3n) is 2.53. The highest BCUT2D eigenvalue weighted by Gasteiger charge is 2.07. The Kier molecular flexibility index (Phi) is 4.42. The Morgan fingerprint density at radius 3 is 2.82 bits per heavy atom. The van der Waals surface area contributed by atoms with Gasteiger partial charge in [0.15, 0.2) is 4.34 Å². The lowest BCUT2D eigenvalue weighted by atomic mass is 10.1. The number of hydrogen-bond donors (Lipinski definition) is 0. The van der Waals surface area contributed by atoms with E-state index in [2.05, 4.69) is 48.4 Å². The van der Waals surface area contributed by atoms with Gasteiger partial charge in [-0.1, -0.05) is 26.0 Å². The van der Waals surface area contributed by atoms with Gasteiger partial charge in [0.1, 0.15) is 0 Å². The fourth-order valence-corrected chi connectivity index (χ4v) is 3.61. The summed E-state index contributed by atoms with van der Waals surface area (Å²) in [6, 6.07) is 8.31. The highest BCUT2D eigenvalue weighted by molar-refractivity contribution is 7.98. The van der Waals surface area contributed by atoms with Crippen molar-refractivity contribution in [3.05, 3.63) is 24.3 Å². The highest BCUT2D eigenvalue weighted by atomic mass is 32.2. The van der Waals surface area contributed by atoms with Crippen molar-refractivity contribution >= 4 is 33.5 Å². The molecule has 2 aromatic rings. The zero-order chi connectivity index (χ0) is 12.3. The topological polar surface area (TPSA) is 16.1 Å². The molecule has 0 spiro atoms. The number of para-hydroxylation sites is 1. The molecule has 0 radical (unpaired) electrons. The van der Waals surface area contributed by atoms with E-state index in [4.69, 9.17) is 0 Å². The first kappa shape index (κ1) is 12.9. The molecule has 1 heterocycles. The molecule has 2 rings (SSSR count). The number of fused-ring (bicyclic) bond motifs is 1. The Balaban J connectivity index is 1.98. The van der Waals surface area contributed by atoms with Gasteiger partial charge in [-0.15, -0.1) is 11.3 Å². The van der Waals surface area contributed by atoms with E-state index in [0.29, 0.717) is 0 Å². The van der Waals surface area contributed by atoms with Crippen LogP contribution in [0.1, 0.15) is 20.3 Å². The van der Waals surface area contributed by atoms with Crippen LogP contribution in [0.4, 0.5) is 0 Å². The zero-order valence-corrected chi connectivity index (χ0v) is 12.1. The van der Waals surface area contributed by atoms with Crippen molar-refractivity contribution < 1.29 is 0 Å². The van der Waals surface area contributed by atoms with E-state index < -0.39 is 0 Å². The van der Waals surface area contributed by atoms with Crippen LogP contribution in [-0.4, -0.2) is 22.9 Å². The van der Waals surface area contributed by atoms with E-state index >= 15 is 0 Å². The van der Waals surface area contributed by atoms with Crippen LogP contribution in [0.2, 0.25) is 0 Å². The molecular formula is C13H18N2S2. The standard InChI is InChI=1S/C13H18N2S2/c1-10(2)8-9-15(3)17-13-14-11-6-4-5-7-12(11)16-13/h4-7,10H,8-9H2,1-3H3. The minimum atomic E-state index is 0.758. The first-order chi connectivity index (χ1) is 8.15. The van der Waals surface area contributed by atoms with E-state index in [1.165, 1.54) is 11.1 Å². The summed E-state index contributed by atoms with van der Waals surface area (Å²) in [7, 11) is 2.14. The summed E-state index contributed by atoms with van der Waals surface area (Å²) in [6.45, 7) is 5.63. The Labute approximate surface area is 111 Å². The lowest BCUT2D eigenvalue weighted by molar-refractivity contribution is 0.473. The van der Waals surface area contributed by atoms with Crippen molar-refractivity contribution in [3.8, 4) is 0 Å². The van der Waals surface area contributed by atoms with Crippen LogP contribution in [0.3, 0.4) is 0 Å². The molecule has 0 saturated heterocycles. The minimum absolute atomic E-state index is 0.758. The van der Waals surface area contributed by atoms with Crippen LogP contribution in [0, 0.1) is 5.92 Å². The predicted molar refractivity (Wildman–Crippen MR) is 77.6 cm³/mol. The lowest BCUT2D eigenvalue weighted by Crippen LogP contribution is -2.12.